The zero-order chi connectivity index (χ0) is 26.8. The molecule has 7 heteroatoms. The summed E-state index contributed by atoms with van der Waals surface area (Å²) in [4.78, 5) is 41.6. The molecule has 35 heavy (non-hydrogen) atoms. The largest absolute Gasteiger partial charge is 0.444 e. The van der Waals surface area contributed by atoms with Gasteiger partial charge in [-0.2, -0.15) is 0 Å². The third kappa shape index (κ3) is 9.38. The van der Waals surface area contributed by atoms with Crippen molar-refractivity contribution < 1.29 is 19.1 Å². The Morgan fingerprint density at radius 1 is 1.11 bits per heavy atom. The summed E-state index contributed by atoms with van der Waals surface area (Å²) >= 11 is 0. The Kier molecular flexibility index (Phi) is 12.0. The van der Waals surface area contributed by atoms with Crippen LogP contribution in [0.5, 0.6) is 0 Å². The van der Waals surface area contributed by atoms with Crippen molar-refractivity contribution in [3.8, 4) is 0 Å². The van der Waals surface area contributed by atoms with Crippen molar-refractivity contribution >= 4 is 24.0 Å². The standard InChI is InChI=1S/C28H45N3O4/c1-10-15-20(6)29-25(32)24(22-17-14-16-21(12-3)18-22)31(13-4)26(33)23(19(5)11-2)30-27(34)35-28(7,8)9/h12,14,16-20,23-24H,3,10-11,13,15H2,1-2,4-9H3,(H,29,32)(H,30,34). The molecule has 1 rings (SSSR count). The van der Waals surface area contributed by atoms with Crippen LogP contribution in [0.15, 0.2) is 30.8 Å². The normalized spacial score (nSPS) is 14.7. The van der Waals surface area contributed by atoms with E-state index in [1.807, 2.05) is 52.0 Å². The van der Waals surface area contributed by atoms with E-state index in [9.17, 15) is 14.4 Å². The Morgan fingerprint density at radius 3 is 2.29 bits per heavy atom. The molecule has 3 amide bonds. The molecule has 0 aliphatic heterocycles. The predicted octanol–water partition coefficient (Wildman–Crippen LogP) is 5.46. The molecule has 0 aliphatic rings. The monoisotopic (exact) mass is 487 g/mol. The maximum Gasteiger partial charge on any atom is 0.408 e. The first-order chi connectivity index (χ1) is 16.4. The van der Waals surface area contributed by atoms with Crippen molar-refractivity contribution in [2.24, 2.45) is 5.92 Å². The number of alkyl carbamates (subject to hydrolysis) is 1. The van der Waals surface area contributed by atoms with Crippen LogP contribution in [-0.4, -0.2) is 47.0 Å². The molecule has 1 aromatic rings. The first kappa shape index (κ1) is 30.2. The molecule has 0 saturated carbocycles. The van der Waals surface area contributed by atoms with Gasteiger partial charge in [0, 0.05) is 12.6 Å². The fourth-order valence-corrected chi connectivity index (χ4v) is 3.92. The molecule has 0 spiro atoms. The van der Waals surface area contributed by atoms with E-state index in [2.05, 4.69) is 24.1 Å². The van der Waals surface area contributed by atoms with E-state index in [4.69, 9.17) is 4.74 Å². The van der Waals surface area contributed by atoms with Gasteiger partial charge in [0.15, 0.2) is 0 Å². The number of carbonyl (C=O) groups excluding carboxylic acids is 3. The Labute approximate surface area is 211 Å². The van der Waals surface area contributed by atoms with E-state index in [0.29, 0.717) is 18.5 Å². The lowest BCUT2D eigenvalue weighted by Crippen LogP contribution is -2.55. The Balaban J connectivity index is 3.43. The molecule has 196 valence electrons. The number of nitrogens with one attached hydrogen (secondary N) is 2. The molecule has 0 heterocycles. The molecule has 4 unspecified atom stereocenters. The number of hydrogen-bond acceptors (Lipinski definition) is 4. The van der Waals surface area contributed by atoms with Crippen LogP contribution in [0.25, 0.3) is 6.08 Å². The zero-order valence-corrected chi connectivity index (χ0v) is 22.8. The van der Waals surface area contributed by atoms with E-state index in [-0.39, 0.29) is 23.8 Å². The van der Waals surface area contributed by atoms with Gasteiger partial charge in [0.05, 0.1) is 0 Å². The van der Waals surface area contributed by atoms with Gasteiger partial charge in [0.2, 0.25) is 11.8 Å². The van der Waals surface area contributed by atoms with Gasteiger partial charge in [0.25, 0.3) is 0 Å². The van der Waals surface area contributed by atoms with Crippen molar-refractivity contribution in [3.63, 3.8) is 0 Å². The van der Waals surface area contributed by atoms with Crippen molar-refractivity contribution in [3.05, 3.63) is 42.0 Å². The van der Waals surface area contributed by atoms with E-state index < -0.39 is 23.8 Å². The number of amides is 3. The Bertz CT molecular complexity index is 862. The molecule has 0 fully saturated rings. The van der Waals surface area contributed by atoms with Crippen LogP contribution in [-0.2, 0) is 14.3 Å². The lowest BCUT2D eigenvalue weighted by molar-refractivity contribution is -0.143. The van der Waals surface area contributed by atoms with Crippen LogP contribution >= 0.6 is 0 Å². The molecule has 0 aromatic heterocycles. The summed E-state index contributed by atoms with van der Waals surface area (Å²) in [6.07, 6.45) is 3.49. The number of ether oxygens (including phenoxy) is 1. The van der Waals surface area contributed by atoms with Gasteiger partial charge in [0.1, 0.15) is 17.7 Å². The highest BCUT2D eigenvalue weighted by molar-refractivity contribution is 5.92. The van der Waals surface area contributed by atoms with Gasteiger partial charge < -0.3 is 20.3 Å². The SMILES string of the molecule is C=Cc1cccc(C(C(=O)NC(C)CCC)N(CC)C(=O)C(NC(=O)OC(C)(C)C)C(C)CC)c1. The van der Waals surface area contributed by atoms with Crippen LogP contribution in [0.2, 0.25) is 0 Å². The van der Waals surface area contributed by atoms with Gasteiger partial charge in [-0.3, -0.25) is 9.59 Å². The summed E-state index contributed by atoms with van der Waals surface area (Å²) in [7, 11) is 0. The maximum absolute atomic E-state index is 13.9. The van der Waals surface area contributed by atoms with Crippen LogP contribution in [0.1, 0.15) is 91.8 Å². The highest BCUT2D eigenvalue weighted by atomic mass is 16.6. The highest BCUT2D eigenvalue weighted by Crippen LogP contribution is 2.26. The smallest absolute Gasteiger partial charge is 0.408 e. The van der Waals surface area contributed by atoms with Gasteiger partial charge in [-0.1, -0.05) is 64.5 Å². The summed E-state index contributed by atoms with van der Waals surface area (Å²) in [5.74, 6) is -0.728. The predicted molar refractivity (Wildman–Crippen MR) is 142 cm³/mol. The van der Waals surface area contributed by atoms with Crippen molar-refractivity contribution in [2.45, 2.75) is 98.4 Å². The second-order valence-corrected chi connectivity index (χ2v) is 10.1. The molecule has 7 nitrogen and oxygen atoms in total. The number of carbonyl (C=O) groups is 3. The molecule has 0 radical (unpaired) electrons. The average molecular weight is 488 g/mol. The Morgan fingerprint density at radius 2 is 1.77 bits per heavy atom. The number of likely N-dealkylation sites (N-methyl/N-ethyl adjacent to an activating group) is 1. The quantitative estimate of drug-likeness (QED) is 0.410. The molecular weight excluding hydrogens is 442 g/mol. The fraction of sp³-hybridized carbons (Fsp3) is 0.607. The first-order valence-corrected chi connectivity index (χ1v) is 12.7. The van der Waals surface area contributed by atoms with E-state index in [1.165, 1.54) is 0 Å². The lowest BCUT2D eigenvalue weighted by Gasteiger charge is -2.36. The second-order valence-electron chi connectivity index (χ2n) is 10.1. The maximum atomic E-state index is 13.9. The third-order valence-electron chi connectivity index (χ3n) is 5.91. The van der Waals surface area contributed by atoms with Crippen LogP contribution in [0.4, 0.5) is 4.79 Å². The van der Waals surface area contributed by atoms with Gasteiger partial charge in [-0.25, -0.2) is 4.79 Å². The minimum Gasteiger partial charge on any atom is -0.444 e. The lowest BCUT2D eigenvalue weighted by atomic mass is 9.95. The average Bonchev–Trinajstić information content (AvgIpc) is 2.78. The number of rotatable bonds is 12. The molecular formula is C28H45N3O4. The molecule has 2 N–H and O–H groups in total. The van der Waals surface area contributed by atoms with E-state index in [0.717, 1.165) is 18.4 Å². The fourth-order valence-electron chi connectivity index (χ4n) is 3.92. The van der Waals surface area contributed by atoms with Crippen LogP contribution < -0.4 is 10.6 Å². The Hall–Kier alpha value is -2.83. The summed E-state index contributed by atoms with van der Waals surface area (Å²) < 4.78 is 5.42. The van der Waals surface area contributed by atoms with Gasteiger partial charge in [-0.15, -0.1) is 0 Å². The first-order valence-electron chi connectivity index (χ1n) is 12.7. The number of hydrogen-bond donors (Lipinski definition) is 2. The van der Waals surface area contributed by atoms with Gasteiger partial charge in [-0.05, 0) is 64.2 Å². The summed E-state index contributed by atoms with van der Waals surface area (Å²) in [5.41, 5.74) is 0.857. The molecule has 1 aromatic carbocycles. The van der Waals surface area contributed by atoms with E-state index >= 15 is 0 Å². The highest BCUT2D eigenvalue weighted by Gasteiger charge is 2.37. The molecule has 0 bridgehead atoms. The van der Waals surface area contributed by atoms with Crippen LogP contribution in [0.3, 0.4) is 0 Å². The molecule has 0 saturated heterocycles. The molecule has 4 atom stereocenters. The summed E-state index contributed by atoms with van der Waals surface area (Å²) in [5, 5.41) is 5.84. The van der Waals surface area contributed by atoms with Crippen molar-refractivity contribution in [1.82, 2.24) is 15.5 Å². The van der Waals surface area contributed by atoms with Crippen LogP contribution in [0, 0.1) is 5.92 Å². The second kappa shape index (κ2) is 13.9. The topological polar surface area (TPSA) is 87.7 Å². The third-order valence-corrected chi connectivity index (χ3v) is 5.91. The minimum absolute atomic E-state index is 0.0309. The summed E-state index contributed by atoms with van der Waals surface area (Å²) in [6, 6.07) is 5.76. The van der Waals surface area contributed by atoms with Crippen molar-refractivity contribution in [2.75, 3.05) is 6.54 Å². The van der Waals surface area contributed by atoms with E-state index in [1.54, 1.807) is 31.7 Å². The summed E-state index contributed by atoms with van der Waals surface area (Å²) in [6.45, 7) is 19.2. The zero-order valence-electron chi connectivity index (χ0n) is 22.8. The number of benzene rings is 1. The number of nitrogens with zero attached hydrogens (tertiary/aromatic N) is 1. The molecule has 0 aliphatic carbocycles. The van der Waals surface area contributed by atoms with Crippen molar-refractivity contribution in [1.29, 1.82) is 0 Å². The minimum atomic E-state index is -0.848. The van der Waals surface area contributed by atoms with Gasteiger partial charge >= 0.3 is 6.09 Å².